The van der Waals surface area contributed by atoms with Gasteiger partial charge in [-0.15, -0.1) is 11.3 Å². The third-order valence-corrected chi connectivity index (χ3v) is 15.4. The summed E-state index contributed by atoms with van der Waals surface area (Å²) in [4.78, 5) is 9.93. The van der Waals surface area contributed by atoms with Crippen LogP contribution in [0.15, 0.2) is 220 Å². The van der Waals surface area contributed by atoms with Crippen molar-refractivity contribution in [3.05, 3.63) is 206 Å². The van der Waals surface area contributed by atoms with Gasteiger partial charge in [-0.1, -0.05) is 139 Å². The molecule has 63 heavy (non-hydrogen) atoms. The Morgan fingerprint density at radius 3 is 1.87 bits per heavy atom. The smallest absolute Gasteiger partial charge is 0.264 e. The van der Waals surface area contributed by atoms with E-state index in [1.807, 2.05) is 29.2 Å². The Hall–Kier alpha value is -7.45. The maximum atomic E-state index is 6.71. The zero-order chi connectivity index (χ0) is 41.2. The molecule has 2 aromatic heterocycles. The summed E-state index contributed by atoms with van der Waals surface area (Å²) in [5.74, 6) is 0. The number of nitrogens with zero attached hydrogens (tertiary/aromatic N) is 3. The van der Waals surface area contributed by atoms with E-state index in [0.717, 1.165) is 55.8 Å². The molecule has 14 rings (SSSR count). The second kappa shape index (κ2) is 13.5. The van der Waals surface area contributed by atoms with Gasteiger partial charge in [0.15, 0.2) is 0 Å². The van der Waals surface area contributed by atoms with Crippen LogP contribution in [0.2, 0.25) is 0 Å². The van der Waals surface area contributed by atoms with Crippen molar-refractivity contribution >= 4 is 129 Å². The fourth-order valence-corrected chi connectivity index (χ4v) is 12.8. The first-order chi connectivity index (χ1) is 31.3. The molecule has 11 aromatic rings. The largest absolute Gasteiger partial charge is 0.455 e. The van der Waals surface area contributed by atoms with Gasteiger partial charge in [0.2, 0.25) is 0 Å². The van der Waals surface area contributed by atoms with E-state index in [1.165, 1.54) is 64.0 Å². The summed E-state index contributed by atoms with van der Waals surface area (Å²) in [5, 5.41) is 3.51. The predicted molar refractivity (Wildman–Crippen MR) is 267 cm³/mol. The van der Waals surface area contributed by atoms with Gasteiger partial charge in [-0.25, -0.2) is 0 Å². The number of furan rings is 1. The van der Waals surface area contributed by atoms with Gasteiger partial charge in [-0.2, -0.15) is 0 Å². The Morgan fingerprint density at radius 2 is 1.03 bits per heavy atom. The first kappa shape index (κ1) is 35.2. The number of rotatable bonds is 3. The van der Waals surface area contributed by atoms with Gasteiger partial charge in [0.1, 0.15) is 11.2 Å². The van der Waals surface area contributed by atoms with Crippen molar-refractivity contribution in [1.82, 2.24) is 0 Å². The molecule has 7 heteroatoms. The van der Waals surface area contributed by atoms with Gasteiger partial charge < -0.3 is 19.1 Å². The normalized spacial score (nSPS) is 13.5. The lowest BCUT2D eigenvalue weighted by Crippen LogP contribution is -2.60. The highest BCUT2D eigenvalue weighted by Crippen LogP contribution is 2.54. The van der Waals surface area contributed by atoms with E-state index in [-0.39, 0.29) is 6.71 Å². The zero-order valence-electron chi connectivity index (χ0n) is 33.8. The summed E-state index contributed by atoms with van der Waals surface area (Å²) >= 11 is 3.76. The standard InChI is InChI=1S/C56H34BN3OS2/c1-2-16-35(17-3-1)58-36-32-33-42-48(34-36)59(45-25-9-13-31-52(45)62-51-30-12-8-24-44(51)58)46-26-15-27-47-53(46)57(42)56-54(41-20-6-11-29-50(41)63-56)60(47)43-23-7-4-18-37(43)39-21-14-22-40-38-19-5-10-28-49(38)61-55(39)40/h1-34H. The number of hydrogen-bond donors (Lipinski definition) is 0. The molecule has 0 aliphatic carbocycles. The molecule has 0 spiro atoms. The first-order valence-corrected chi connectivity index (χ1v) is 23.0. The van der Waals surface area contributed by atoms with E-state index in [1.54, 1.807) is 0 Å². The fraction of sp³-hybridized carbons (Fsp3) is 0. The van der Waals surface area contributed by atoms with E-state index in [9.17, 15) is 0 Å². The number of anilines is 9. The summed E-state index contributed by atoms with van der Waals surface area (Å²) in [7, 11) is 0. The molecule has 4 nitrogen and oxygen atoms in total. The molecule has 0 saturated carbocycles. The van der Waals surface area contributed by atoms with E-state index in [4.69, 9.17) is 4.42 Å². The van der Waals surface area contributed by atoms with Gasteiger partial charge in [0.25, 0.3) is 6.71 Å². The van der Waals surface area contributed by atoms with Crippen molar-refractivity contribution in [2.75, 3.05) is 14.7 Å². The Bertz CT molecular complexity index is 3670. The predicted octanol–water partition coefficient (Wildman–Crippen LogP) is 14.5. The summed E-state index contributed by atoms with van der Waals surface area (Å²) in [5.41, 5.74) is 17.1. The number of thiophene rings is 1. The van der Waals surface area contributed by atoms with Gasteiger partial charge in [-0.05, 0) is 89.8 Å². The lowest BCUT2D eigenvalue weighted by Gasteiger charge is -2.44. The van der Waals surface area contributed by atoms with Crippen LogP contribution >= 0.6 is 23.1 Å². The SMILES string of the molecule is c1ccc(N2c3ccc4c(c3)N(c3ccccc3Sc3ccccc32)c2cccc3c2B4c2sc4ccccc4c2N3c2ccccc2-c2cccc3c2oc2ccccc23)cc1. The Morgan fingerprint density at radius 1 is 0.413 bits per heavy atom. The molecule has 3 aliphatic rings. The molecule has 0 fully saturated rings. The van der Waals surface area contributed by atoms with E-state index in [0.29, 0.717) is 0 Å². The molecule has 294 valence electrons. The molecule has 0 saturated heterocycles. The zero-order valence-corrected chi connectivity index (χ0v) is 35.4. The minimum absolute atomic E-state index is 0.00587. The third-order valence-electron chi connectivity index (χ3n) is 13.0. The van der Waals surface area contributed by atoms with Gasteiger partial charge in [0, 0.05) is 75.0 Å². The van der Waals surface area contributed by atoms with Crippen LogP contribution in [0.3, 0.4) is 0 Å². The summed E-state index contributed by atoms with van der Waals surface area (Å²) in [6.07, 6.45) is 0. The van der Waals surface area contributed by atoms with E-state index >= 15 is 0 Å². The molecule has 0 radical (unpaired) electrons. The van der Waals surface area contributed by atoms with Crippen LogP contribution in [-0.4, -0.2) is 6.71 Å². The maximum absolute atomic E-state index is 6.71. The highest BCUT2D eigenvalue weighted by molar-refractivity contribution is 7.99. The highest BCUT2D eigenvalue weighted by Gasteiger charge is 2.46. The van der Waals surface area contributed by atoms with Crippen LogP contribution in [0, 0.1) is 0 Å². The molecule has 0 unspecified atom stereocenters. The van der Waals surface area contributed by atoms with Crippen molar-refractivity contribution in [2.45, 2.75) is 9.79 Å². The summed E-state index contributed by atoms with van der Waals surface area (Å²) in [6, 6.07) is 75.5. The average Bonchev–Trinajstić information content (AvgIpc) is 3.92. The van der Waals surface area contributed by atoms with Crippen molar-refractivity contribution < 1.29 is 4.42 Å². The van der Waals surface area contributed by atoms with E-state index in [2.05, 4.69) is 215 Å². The average molecular weight is 840 g/mol. The van der Waals surface area contributed by atoms with Gasteiger partial charge in [-0.3, -0.25) is 0 Å². The molecule has 0 N–H and O–H groups in total. The van der Waals surface area contributed by atoms with E-state index < -0.39 is 0 Å². The lowest BCUT2D eigenvalue weighted by molar-refractivity contribution is 0.670. The van der Waals surface area contributed by atoms with Gasteiger partial charge in [0.05, 0.1) is 22.7 Å². The van der Waals surface area contributed by atoms with Crippen LogP contribution in [0.25, 0.3) is 43.2 Å². The fourth-order valence-electron chi connectivity index (χ4n) is 10.4. The van der Waals surface area contributed by atoms with Crippen molar-refractivity contribution in [3.8, 4) is 11.1 Å². The van der Waals surface area contributed by atoms with Crippen molar-refractivity contribution in [1.29, 1.82) is 0 Å². The van der Waals surface area contributed by atoms with Crippen molar-refractivity contribution in [2.24, 2.45) is 0 Å². The number of benzene rings is 9. The third kappa shape index (κ3) is 5.06. The molecule has 0 atom stereocenters. The minimum atomic E-state index is 0.00587. The number of fused-ring (bicyclic) bond motifs is 13. The topological polar surface area (TPSA) is 22.9 Å². The highest BCUT2D eigenvalue weighted by atomic mass is 32.2. The summed E-state index contributed by atoms with van der Waals surface area (Å²) in [6.45, 7) is 0.00587. The molecule has 0 amide bonds. The summed E-state index contributed by atoms with van der Waals surface area (Å²) < 4.78 is 9.34. The quantitative estimate of drug-likeness (QED) is 0.165. The first-order valence-electron chi connectivity index (χ1n) is 21.4. The van der Waals surface area contributed by atoms with Crippen LogP contribution < -0.4 is 30.4 Å². The number of hydrogen-bond acceptors (Lipinski definition) is 6. The Labute approximate surface area is 373 Å². The van der Waals surface area contributed by atoms with Crippen LogP contribution in [-0.2, 0) is 0 Å². The van der Waals surface area contributed by atoms with Crippen LogP contribution in [0.1, 0.15) is 0 Å². The molecule has 5 heterocycles. The maximum Gasteiger partial charge on any atom is 0.264 e. The Kier molecular flexibility index (Phi) is 7.55. The van der Waals surface area contributed by atoms with Crippen LogP contribution in [0.5, 0.6) is 0 Å². The molecular formula is C56H34BN3OS2. The monoisotopic (exact) mass is 839 g/mol. The lowest BCUT2D eigenvalue weighted by atomic mass is 9.36. The minimum Gasteiger partial charge on any atom is -0.455 e. The Balaban J connectivity index is 1.06. The second-order valence-corrected chi connectivity index (χ2v) is 18.5. The van der Waals surface area contributed by atoms with Crippen molar-refractivity contribution in [3.63, 3.8) is 0 Å². The molecule has 2 bridgehead atoms. The van der Waals surface area contributed by atoms with Gasteiger partial charge >= 0.3 is 0 Å². The molecule has 9 aromatic carbocycles. The number of para-hydroxylation sites is 6. The molecular weight excluding hydrogens is 806 g/mol. The van der Waals surface area contributed by atoms with Crippen LogP contribution in [0.4, 0.5) is 51.2 Å². The molecule has 3 aliphatic heterocycles. The second-order valence-electron chi connectivity index (χ2n) is 16.4.